The topological polar surface area (TPSA) is 55.8 Å². The molecule has 1 aromatic carbocycles. The van der Waals surface area contributed by atoms with Gasteiger partial charge < -0.3 is 14.4 Å². The normalized spacial score (nSPS) is 19.7. The molecule has 1 aromatic rings. The number of esters is 1. The van der Waals surface area contributed by atoms with E-state index in [4.69, 9.17) is 9.47 Å². The summed E-state index contributed by atoms with van der Waals surface area (Å²) in [6, 6.07) is 6.51. The molecule has 6 heteroatoms. The Hall–Kier alpha value is -1.69. The maximum Gasteiger partial charge on any atom is 0.330 e. The van der Waals surface area contributed by atoms with Crippen molar-refractivity contribution < 1.29 is 19.1 Å². The zero-order valence-corrected chi connectivity index (χ0v) is 16.9. The molecular formula is C20H29NO4S. The summed E-state index contributed by atoms with van der Waals surface area (Å²) in [6.07, 6.45) is 4.01. The number of carbonyl (C=O) groups is 2. The highest BCUT2D eigenvalue weighted by Crippen LogP contribution is 2.35. The van der Waals surface area contributed by atoms with Gasteiger partial charge in [0.2, 0.25) is 0 Å². The van der Waals surface area contributed by atoms with E-state index in [2.05, 4.69) is 6.92 Å². The van der Waals surface area contributed by atoms with Crippen molar-refractivity contribution in [2.45, 2.75) is 64.0 Å². The van der Waals surface area contributed by atoms with E-state index in [1.165, 1.54) is 0 Å². The van der Waals surface area contributed by atoms with Crippen LogP contribution in [0.15, 0.2) is 24.3 Å². The predicted molar refractivity (Wildman–Crippen MR) is 105 cm³/mol. The number of unbranched alkanes of at least 4 members (excludes halogenated alkanes) is 2. The van der Waals surface area contributed by atoms with Gasteiger partial charge >= 0.3 is 5.97 Å². The highest BCUT2D eigenvalue weighted by atomic mass is 32.2. The van der Waals surface area contributed by atoms with Crippen LogP contribution in [0.1, 0.15) is 56.8 Å². The molecule has 2 atom stereocenters. The van der Waals surface area contributed by atoms with Gasteiger partial charge in [-0.15, -0.1) is 11.8 Å². The van der Waals surface area contributed by atoms with Gasteiger partial charge in [0.15, 0.2) is 0 Å². The highest BCUT2D eigenvalue weighted by Gasteiger charge is 2.42. The first-order valence-corrected chi connectivity index (χ1v) is 10.3. The average Bonchev–Trinajstić information content (AvgIpc) is 3.05. The number of nitrogens with zero attached hydrogens (tertiary/aromatic N) is 1. The molecule has 0 spiro atoms. The first-order chi connectivity index (χ1) is 12.5. The zero-order valence-electron chi connectivity index (χ0n) is 16.1. The van der Waals surface area contributed by atoms with Crippen molar-refractivity contribution in [1.29, 1.82) is 0 Å². The van der Waals surface area contributed by atoms with Crippen molar-refractivity contribution in [3.05, 3.63) is 29.8 Å². The number of benzene rings is 1. The lowest BCUT2D eigenvalue weighted by molar-refractivity contribution is -0.151. The minimum absolute atomic E-state index is 0.0147. The van der Waals surface area contributed by atoms with Crippen LogP contribution in [-0.4, -0.2) is 47.2 Å². The van der Waals surface area contributed by atoms with E-state index in [-0.39, 0.29) is 23.4 Å². The van der Waals surface area contributed by atoms with Gasteiger partial charge in [0.05, 0.1) is 18.6 Å². The first-order valence-electron chi connectivity index (χ1n) is 9.26. The summed E-state index contributed by atoms with van der Waals surface area (Å²) in [6.45, 7) is 5.81. The molecule has 0 aliphatic carbocycles. The van der Waals surface area contributed by atoms with Crippen LogP contribution in [-0.2, 0) is 9.53 Å². The van der Waals surface area contributed by atoms with Gasteiger partial charge in [0.25, 0.3) is 5.91 Å². The third-order valence-corrected chi connectivity index (χ3v) is 5.70. The highest BCUT2D eigenvalue weighted by molar-refractivity contribution is 8.00. The van der Waals surface area contributed by atoms with E-state index in [0.717, 1.165) is 25.7 Å². The predicted octanol–water partition coefficient (Wildman–Crippen LogP) is 4.11. The number of methoxy groups -OCH3 is 1. The third-order valence-electron chi connectivity index (χ3n) is 4.34. The fourth-order valence-corrected chi connectivity index (χ4v) is 4.44. The van der Waals surface area contributed by atoms with Gasteiger partial charge in [0, 0.05) is 11.3 Å². The molecule has 0 bridgehead atoms. The minimum atomic E-state index is -0.524. The minimum Gasteiger partial charge on any atom is -0.497 e. The van der Waals surface area contributed by atoms with Crippen molar-refractivity contribution in [2.75, 3.05) is 12.9 Å². The molecule has 144 valence electrons. The van der Waals surface area contributed by atoms with Gasteiger partial charge in [-0.1, -0.05) is 26.2 Å². The molecule has 1 aliphatic heterocycles. The Morgan fingerprint density at radius 2 is 1.92 bits per heavy atom. The van der Waals surface area contributed by atoms with Crippen LogP contribution in [0.4, 0.5) is 0 Å². The lowest BCUT2D eigenvalue weighted by atomic mass is 10.1. The molecule has 1 heterocycles. The van der Waals surface area contributed by atoms with Crippen molar-refractivity contribution >= 4 is 23.6 Å². The van der Waals surface area contributed by atoms with Gasteiger partial charge in [-0.3, -0.25) is 4.79 Å². The summed E-state index contributed by atoms with van der Waals surface area (Å²) in [7, 11) is 1.59. The molecule has 1 amide bonds. The van der Waals surface area contributed by atoms with E-state index in [1.54, 1.807) is 48.0 Å². The maximum atomic E-state index is 13.2. The Balaban J connectivity index is 2.20. The Morgan fingerprint density at radius 3 is 2.50 bits per heavy atom. The molecule has 5 nitrogen and oxygen atoms in total. The second kappa shape index (κ2) is 9.86. The van der Waals surface area contributed by atoms with Crippen LogP contribution in [0.5, 0.6) is 5.75 Å². The molecule has 1 fully saturated rings. The molecule has 0 radical (unpaired) electrons. The summed E-state index contributed by atoms with van der Waals surface area (Å²) < 4.78 is 10.6. The Morgan fingerprint density at radius 1 is 1.23 bits per heavy atom. The zero-order chi connectivity index (χ0) is 19.1. The van der Waals surface area contributed by atoms with Crippen molar-refractivity contribution in [3.63, 3.8) is 0 Å². The van der Waals surface area contributed by atoms with Crippen LogP contribution >= 0.6 is 11.8 Å². The second-order valence-corrected chi connectivity index (χ2v) is 7.94. The van der Waals surface area contributed by atoms with E-state index in [1.807, 2.05) is 13.8 Å². The van der Waals surface area contributed by atoms with Crippen molar-refractivity contribution in [2.24, 2.45) is 0 Å². The number of amides is 1. The molecule has 1 aliphatic rings. The van der Waals surface area contributed by atoms with Gasteiger partial charge in [-0.05, 0) is 44.5 Å². The second-order valence-electron chi connectivity index (χ2n) is 6.73. The summed E-state index contributed by atoms with van der Waals surface area (Å²) in [5.41, 5.74) is 0.566. The van der Waals surface area contributed by atoms with Gasteiger partial charge in [-0.25, -0.2) is 4.79 Å². The number of hydrogen-bond donors (Lipinski definition) is 0. The summed E-state index contributed by atoms with van der Waals surface area (Å²) >= 11 is 1.67. The molecular weight excluding hydrogens is 350 g/mol. The number of thioether (sulfide) groups is 1. The van der Waals surface area contributed by atoms with Crippen LogP contribution in [0.3, 0.4) is 0 Å². The van der Waals surface area contributed by atoms with Crippen LogP contribution in [0.2, 0.25) is 0 Å². The smallest absolute Gasteiger partial charge is 0.330 e. The number of rotatable bonds is 8. The Kier molecular flexibility index (Phi) is 7.82. The van der Waals surface area contributed by atoms with Crippen LogP contribution < -0.4 is 4.74 Å². The summed E-state index contributed by atoms with van der Waals surface area (Å²) in [5, 5.41) is 0.0147. The van der Waals surface area contributed by atoms with Crippen LogP contribution in [0, 0.1) is 0 Å². The number of hydrogen-bond acceptors (Lipinski definition) is 5. The lowest BCUT2D eigenvalue weighted by Gasteiger charge is -2.29. The van der Waals surface area contributed by atoms with Gasteiger partial charge in [-0.2, -0.15) is 0 Å². The third kappa shape index (κ3) is 5.16. The fourth-order valence-electron chi connectivity index (χ4n) is 3.00. The van der Waals surface area contributed by atoms with Crippen molar-refractivity contribution in [3.8, 4) is 5.75 Å². The van der Waals surface area contributed by atoms with E-state index in [0.29, 0.717) is 17.1 Å². The summed E-state index contributed by atoms with van der Waals surface area (Å²) in [5.74, 6) is 0.856. The fraction of sp³-hybridized carbons (Fsp3) is 0.600. The lowest BCUT2D eigenvalue weighted by Crippen LogP contribution is -2.46. The average molecular weight is 380 g/mol. The van der Waals surface area contributed by atoms with Crippen LogP contribution in [0.25, 0.3) is 0 Å². The molecule has 1 saturated heterocycles. The molecule has 2 unspecified atom stereocenters. The van der Waals surface area contributed by atoms with Crippen molar-refractivity contribution in [1.82, 2.24) is 4.90 Å². The SMILES string of the molecule is CCCCCC1SCC(C(=O)OC(C)C)N1C(=O)c1ccc(OC)cc1. The first kappa shape index (κ1) is 20.6. The molecule has 0 saturated carbocycles. The summed E-state index contributed by atoms with van der Waals surface area (Å²) in [4.78, 5) is 27.4. The standard InChI is InChI=1S/C20H29NO4S/c1-5-6-7-8-18-21(17(13-26-18)20(23)25-14(2)3)19(22)15-9-11-16(24-4)12-10-15/h9-12,14,17-18H,5-8,13H2,1-4H3. The molecule has 0 aromatic heterocycles. The maximum absolute atomic E-state index is 13.2. The quantitative estimate of drug-likeness (QED) is 0.502. The molecule has 0 N–H and O–H groups in total. The van der Waals surface area contributed by atoms with E-state index in [9.17, 15) is 9.59 Å². The monoisotopic (exact) mass is 379 g/mol. The molecule has 2 rings (SSSR count). The Bertz CT molecular complexity index is 602. The Labute approximate surface area is 160 Å². The van der Waals surface area contributed by atoms with E-state index < -0.39 is 6.04 Å². The van der Waals surface area contributed by atoms with E-state index >= 15 is 0 Å². The number of ether oxygens (including phenoxy) is 2. The molecule has 26 heavy (non-hydrogen) atoms. The number of carbonyl (C=O) groups excluding carboxylic acids is 2. The van der Waals surface area contributed by atoms with Gasteiger partial charge in [0.1, 0.15) is 11.8 Å². The largest absolute Gasteiger partial charge is 0.497 e.